The van der Waals surface area contributed by atoms with Crippen LogP contribution in [0.2, 0.25) is 5.02 Å². The van der Waals surface area contributed by atoms with Gasteiger partial charge in [0, 0.05) is 29.0 Å². The molecule has 1 aliphatic rings. The number of ketones is 1. The predicted octanol–water partition coefficient (Wildman–Crippen LogP) is 5.58. The van der Waals surface area contributed by atoms with E-state index in [0.29, 0.717) is 34.3 Å². The average Bonchev–Trinajstić information content (AvgIpc) is 3.06. The second kappa shape index (κ2) is 8.33. The van der Waals surface area contributed by atoms with Crippen LogP contribution in [-0.2, 0) is 10.4 Å². The summed E-state index contributed by atoms with van der Waals surface area (Å²) in [6.07, 6.45) is 0.964. The Morgan fingerprint density at radius 1 is 1.07 bits per heavy atom. The van der Waals surface area contributed by atoms with Crippen molar-refractivity contribution in [3.63, 3.8) is 0 Å². The monoisotopic (exact) mass is 420 g/mol. The maximum absolute atomic E-state index is 13.8. The Labute approximate surface area is 180 Å². The van der Waals surface area contributed by atoms with Gasteiger partial charge in [-0.1, -0.05) is 54.1 Å². The standard InChI is InChI=1S/C25H21ClO4/c1-2-29-20-12-13-21-23(16-20)30-25(24(21)28,18-8-10-19(26)11-9-18)22(14-15-27)17-6-4-3-5-7-17/h3-13,15-16,22H,2,14H2,1H3/t22-,25-/m1/s1. The van der Waals surface area contributed by atoms with Gasteiger partial charge in [0.1, 0.15) is 17.8 Å². The fraction of sp³-hybridized carbons (Fsp3) is 0.200. The van der Waals surface area contributed by atoms with Crippen LogP contribution in [0.15, 0.2) is 72.8 Å². The molecular formula is C25H21ClO4. The molecule has 0 bridgehead atoms. The van der Waals surface area contributed by atoms with E-state index in [0.717, 1.165) is 11.8 Å². The second-order valence-corrected chi connectivity index (χ2v) is 7.57. The van der Waals surface area contributed by atoms with E-state index < -0.39 is 11.5 Å². The molecule has 0 fully saturated rings. The van der Waals surface area contributed by atoms with E-state index in [-0.39, 0.29) is 12.2 Å². The zero-order valence-corrected chi connectivity index (χ0v) is 17.3. The van der Waals surface area contributed by atoms with E-state index >= 15 is 0 Å². The molecule has 0 N–H and O–H groups in total. The summed E-state index contributed by atoms with van der Waals surface area (Å²) in [5.41, 5.74) is 0.604. The van der Waals surface area contributed by atoms with Crippen LogP contribution < -0.4 is 9.47 Å². The normalized spacial score (nSPS) is 18.4. The van der Waals surface area contributed by atoms with Crippen molar-refractivity contribution < 1.29 is 19.1 Å². The average molecular weight is 421 g/mol. The molecule has 152 valence electrons. The molecule has 0 amide bonds. The molecule has 5 heteroatoms. The molecule has 0 spiro atoms. The highest BCUT2D eigenvalue weighted by Gasteiger charge is 2.55. The molecule has 3 aromatic rings. The number of ether oxygens (including phenoxy) is 2. The van der Waals surface area contributed by atoms with Crippen LogP contribution in [0.25, 0.3) is 0 Å². The van der Waals surface area contributed by atoms with Gasteiger partial charge in [0.2, 0.25) is 11.4 Å². The van der Waals surface area contributed by atoms with Gasteiger partial charge >= 0.3 is 0 Å². The Balaban J connectivity index is 1.92. The van der Waals surface area contributed by atoms with Crippen LogP contribution in [0.4, 0.5) is 0 Å². The van der Waals surface area contributed by atoms with Gasteiger partial charge in [0.05, 0.1) is 12.2 Å². The Morgan fingerprint density at radius 3 is 2.47 bits per heavy atom. The molecule has 1 heterocycles. The number of hydrogen-bond acceptors (Lipinski definition) is 4. The van der Waals surface area contributed by atoms with E-state index in [2.05, 4.69) is 0 Å². The number of benzene rings is 3. The molecule has 4 nitrogen and oxygen atoms in total. The smallest absolute Gasteiger partial charge is 0.215 e. The summed E-state index contributed by atoms with van der Waals surface area (Å²) < 4.78 is 12.0. The highest BCUT2D eigenvalue weighted by atomic mass is 35.5. The molecule has 0 radical (unpaired) electrons. The maximum Gasteiger partial charge on any atom is 0.215 e. The molecule has 0 aromatic heterocycles. The van der Waals surface area contributed by atoms with Gasteiger partial charge in [-0.05, 0) is 36.8 Å². The van der Waals surface area contributed by atoms with Gasteiger partial charge < -0.3 is 14.3 Å². The predicted molar refractivity (Wildman–Crippen MR) is 116 cm³/mol. The summed E-state index contributed by atoms with van der Waals surface area (Å²) in [7, 11) is 0. The van der Waals surface area contributed by atoms with E-state index in [4.69, 9.17) is 21.1 Å². The zero-order valence-electron chi connectivity index (χ0n) is 16.5. The second-order valence-electron chi connectivity index (χ2n) is 7.13. The molecular weight excluding hydrogens is 400 g/mol. The van der Waals surface area contributed by atoms with Crippen molar-refractivity contribution in [2.75, 3.05) is 6.61 Å². The van der Waals surface area contributed by atoms with Crippen molar-refractivity contribution in [2.45, 2.75) is 24.9 Å². The number of fused-ring (bicyclic) bond motifs is 1. The number of rotatable bonds is 7. The Bertz CT molecular complexity index is 1060. The molecule has 3 aromatic carbocycles. The van der Waals surface area contributed by atoms with Crippen LogP contribution in [0.3, 0.4) is 0 Å². The molecule has 1 aliphatic heterocycles. The minimum Gasteiger partial charge on any atom is -0.494 e. The largest absolute Gasteiger partial charge is 0.494 e. The van der Waals surface area contributed by atoms with Crippen molar-refractivity contribution in [1.29, 1.82) is 0 Å². The summed E-state index contributed by atoms with van der Waals surface area (Å²) >= 11 is 6.10. The number of halogens is 1. The highest BCUT2D eigenvalue weighted by Crippen LogP contribution is 2.51. The molecule has 2 atom stereocenters. The highest BCUT2D eigenvalue weighted by molar-refractivity contribution is 6.30. The molecule has 30 heavy (non-hydrogen) atoms. The molecule has 4 rings (SSSR count). The first-order valence-corrected chi connectivity index (χ1v) is 10.2. The van der Waals surface area contributed by atoms with Crippen molar-refractivity contribution in [3.8, 4) is 11.5 Å². The molecule has 0 saturated heterocycles. The summed E-state index contributed by atoms with van der Waals surface area (Å²) in [4.78, 5) is 25.5. The van der Waals surface area contributed by atoms with E-state index in [1.54, 1.807) is 42.5 Å². The molecule has 0 unspecified atom stereocenters. The third-order valence-corrected chi connectivity index (χ3v) is 5.67. The first-order chi connectivity index (χ1) is 14.6. The summed E-state index contributed by atoms with van der Waals surface area (Å²) in [6.45, 7) is 2.40. The number of hydrogen-bond donors (Lipinski definition) is 0. The maximum atomic E-state index is 13.8. The minimum absolute atomic E-state index is 0.130. The third kappa shape index (κ3) is 3.37. The SMILES string of the molecule is CCOc1ccc2c(c1)O[C@](c1ccc(Cl)cc1)([C@H](CC=O)c1ccccc1)C2=O. The lowest BCUT2D eigenvalue weighted by molar-refractivity contribution is -0.109. The first-order valence-electron chi connectivity index (χ1n) is 9.85. The van der Waals surface area contributed by atoms with Gasteiger partial charge in [-0.2, -0.15) is 0 Å². The van der Waals surface area contributed by atoms with Crippen molar-refractivity contribution in [1.82, 2.24) is 0 Å². The quantitative estimate of drug-likeness (QED) is 0.468. The summed E-state index contributed by atoms with van der Waals surface area (Å²) in [6, 6.07) is 21.8. The van der Waals surface area contributed by atoms with Gasteiger partial charge in [0.25, 0.3) is 0 Å². The summed E-state index contributed by atoms with van der Waals surface area (Å²) in [5.74, 6) is 0.390. The molecule has 0 saturated carbocycles. The van der Waals surface area contributed by atoms with Gasteiger partial charge in [-0.15, -0.1) is 0 Å². The lowest BCUT2D eigenvalue weighted by Gasteiger charge is -2.35. The van der Waals surface area contributed by atoms with Crippen molar-refractivity contribution in [2.24, 2.45) is 0 Å². The number of carbonyl (C=O) groups is 2. The lowest BCUT2D eigenvalue weighted by atomic mass is 9.72. The number of aldehydes is 1. The number of Topliss-reactive ketones (excluding diaryl/α,β-unsaturated/α-hetero) is 1. The Kier molecular flexibility index (Phi) is 5.60. The third-order valence-electron chi connectivity index (χ3n) is 5.41. The fourth-order valence-electron chi connectivity index (χ4n) is 4.09. The Hall–Kier alpha value is -3.11. The molecule has 0 aliphatic carbocycles. The Morgan fingerprint density at radius 2 is 1.80 bits per heavy atom. The van der Waals surface area contributed by atoms with Crippen LogP contribution in [0, 0.1) is 0 Å². The first kappa shape index (κ1) is 20.2. The zero-order chi connectivity index (χ0) is 21.1. The van der Waals surface area contributed by atoms with E-state index in [9.17, 15) is 9.59 Å². The van der Waals surface area contributed by atoms with Crippen molar-refractivity contribution in [3.05, 3.63) is 94.5 Å². The minimum atomic E-state index is -1.37. The van der Waals surface area contributed by atoms with Gasteiger partial charge in [0.15, 0.2) is 0 Å². The van der Waals surface area contributed by atoms with Crippen LogP contribution >= 0.6 is 11.6 Å². The lowest BCUT2D eigenvalue weighted by Crippen LogP contribution is -2.43. The van der Waals surface area contributed by atoms with Crippen LogP contribution in [-0.4, -0.2) is 18.7 Å². The van der Waals surface area contributed by atoms with Gasteiger partial charge in [-0.3, -0.25) is 4.79 Å². The van der Waals surface area contributed by atoms with E-state index in [1.165, 1.54) is 0 Å². The van der Waals surface area contributed by atoms with E-state index in [1.807, 2.05) is 37.3 Å². The topological polar surface area (TPSA) is 52.6 Å². The number of carbonyl (C=O) groups excluding carboxylic acids is 2. The van der Waals surface area contributed by atoms with Crippen molar-refractivity contribution >= 4 is 23.7 Å². The van der Waals surface area contributed by atoms with Crippen LogP contribution in [0.1, 0.15) is 40.7 Å². The fourth-order valence-corrected chi connectivity index (χ4v) is 4.21. The van der Waals surface area contributed by atoms with Gasteiger partial charge in [-0.25, -0.2) is 0 Å². The van der Waals surface area contributed by atoms with Crippen LogP contribution in [0.5, 0.6) is 11.5 Å². The summed E-state index contributed by atoms with van der Waals surface area (Å²) in [5, 5.41) is 0.558.